The second kappa shape index (κ2) is 9.47. The van der Waals surface area contributed by atoms with E-state index in [1.54, 1.807) is 54.8 Å². The number of nitriles is 1. The van der Waals surface area contributed by atoms with Crippen LogP contribution in [-0.4, -0.2) is 22.2 Å². The molecule has 0 saturated carbocycles. The van der Waals surface area contributed by atoms with E-state index in [2.05, 4.69) is 6.07 Å². The third-order valence-electron chi connectivity index (χ3n) is 5.14. The molecular weight excluding hydrogens is 451 g/mol. The van der Waals surface area contributed by atoms with Gasteiger partial charge < -0.3 is 14.4 Å². The van der Waals surface area contributed by atoms with Crippen LogP contribution in [0.5, 0.6) is 5.75 Å². The lowest BCUT2D eigenvalue weighted by atomic mass is 9.95. The number of ether oxygens (including phenoxy) is 1. The van der Waals surface area contributed by atoms with Gasteiger partial charge in [0.1, 0.15) is 17.4 Å². The monoisotopic (exact) mass is 470 g/mol. The second-order valence-corrected chi connectivity index (χ2v) is 7.76. The molecule has 0 bridgehead atoms. The van der Waals surface area contributed by atoms with Gasteiger partial charge in [-0.25, -0.2) is 4.79 Å². The number of hydrogen-bond acceptors (Lipinski definition) is 4. The summed E-state index contributed by atoms with van der Waals surface area (Å²) in [5.41, 5.74) is 1.34. The molecule has 1 heterocycles. The van der Waals surface area contributed by atoms with E-state index >= 15 is 0 Å². The number of carboxylic acid groups (broad SMARTS) is 1. The van der Waals surface area contributed by atoms with Crippen molar-refractivity contribution in [3.8, 4) is 34.2 Å². The van der Waals surface area contributed by atoms with Gasteiger partial charge in [0.15, 0.2) is 0 Å². The Morgan fingerprint density at radius 2 is 1.81 bits per heavy atom. The summed E-state index contributed by atoms with van der Waals surface area (Å²) in [6.07, 6.45) is 0. The van der Waals surface area contributed by atoms with Gasteiger partial charge in [0, 0.05) is 23.4 Å². The molecule has 3 rings (SSSR count). The topological polar surface area (TPSA) is 92.3 Å². The largest absolute Gasteiger partial charge is 0.492 e. The van der Waals surface area contributed by atoms with Crippen LogP contribution in [-0.2, 0) is 6.54 Å². The van der Waals surface area contributed by atoms with Crippen molar-refractivity contribution < 1.29 is 14.6 Å². The summed E-state index contributed by atoms with van der Waals surface area (Å²) in [7, 11) is 0. The number of carbonyl (C=O) groups is 1. The SMILES string of the molecule is CCOc1cc(-c2c(C)n(CC)c(-c3ccc(Cl)c(Cl)c3)c(C(=O)O)c2=O)ccc1C#N. The summed E-state index contributed by atoms with van der Waals surface area (Å²) in [5.74, 6) is -1.02. The third kappa shape index (κ3) is 4.10. The van der Waals surface area contributed by atoms with E-state index in [0.717, 1.165) is 0 Å². The fraction of sp³-hybridized carbons (Fsp3) is 0.208. The van der Waals surface area contributed by atoms with Gasteiger partial charge >= 0.3 is 5.97 Å². The average Bonchev–Trinajstić information content (AvgIpc) is 2.75. The summed E-state index contributed by atoms with van der Waals surface area (Å²) in [6.45, 7) is 6.15. The van der Waals surface area contributed by atoms with E-state index in [-0.39, 0.29) is 21.8 Å². The van der Waals surface area contributed by atoms with Crippen molar-refractivity contribution >= 4 is 29.2 Å². The van der Waals surface area contributed by atoms with E-state index in [4.69, 9.17) is 27.9 Å². The van der Waals surface area contributed by atoms with Crippen LogP contribution in [0.25, 0.3) is 22.4 Å². The first-order valence-electron chi connectivity index (χ1n) is 9.88. The van der Waals surface area contributed by atoms with Crippen molar-refractivity contribution in [1.82, 2.24) is 4.57 Å². The Morgan fingerprint density at radius 3 is 2.38 bits per heavy atom. The lowest BCUT2D eigenvalue weighted by Crippen LogP contribution is -2.25. The molecule has 2 aromatic carbocycles. The molecular formula is C24H20Cl2N2O4. The van der Waals surface area contributed by atoms with Crippen LogP contribution >= 0.6 is 23.2 Å². The Bertz CT molecular complexity index is 1320. The first-order chi connectivity index (χ1) is 15.2. The maximum absolute atomic E-state index is 13.5. The number of aromatic carboxylic acids is 1. The van der Waals surface area contributed by atoms with Gasteiger partial charge in [0.25, 0.3) is 0 Å². The molecule has 3 aromatic rings. The molecule has 1 N–H and O–H groups in total. The van der Waals surface area contributed by atoms with Gasteiger partial charge in [-0.05, 0) is 50.6 Å². The lowest BCUT2D eigenvalue weighted by Gasteiger charge is -2.21. The van der Waals surface area contributed by atoms with Crippen molar-refractivity contribution in [1.29, 1.82) is 5.26 Å². The Hall–Kier alpha value is -3.27. The zero-order valence-electron chi connectivity index (χ0n) is 17.7. The third-order valence-corrected chi connectivity index (χ3v) is 5.88. The van der Waals surface area contributed by atoms with Crippen LogP contribution in [0.3, 0.4) is 0 Å². The summed E-state index contributed by atoms with van der Waals surface area (Å²) < 4.78 is 7.31. The standard InChI is InChI=1S/C24H20Cl2N2O4/c1-4-28-13(3)20(14-6-7-16(12-27)19(11-14)32-5-2)23(29)21(24(30)31)22(28)15-8-9-17(25)18(26)10-15/h6-11H,4-5H2,1-3H3,(H,30,31). The predicted molar refractivity (Wildman–Crippen MR) is 125 cm³/mol. The van der Waals surface area contributed by atoms with E-state index in [1.807, 2.05) is 6.92 Å². The van der Waals surface area contributed by atoms with Gasteiger partial charge in [0.05, 0.1) is 27.9 Å². The Balaban J connectivity index is 2.41. The van der Waals surface area contributed by atoms with Crippen LogP contribution in [0.4, 0.5) is 0 Å². The molecule has 6 nitrogen and oxygen atoms in total. The maximum atomic E-state index is 13.5. The zero-order valence-corrected chi connectivity index (χ0v) is 19.2. The van der Waals surface area contributed by atoms with Crippen molar-refractivity contribution in [2.45, 2.75) is 27.3 Å². The predicted octanol–water partition coefficient (Wildman–Crippen LogP) is 5.79. The normalized spacial score (nSPS) is 10.6. The number of hydrogen-bond donors (Lipinski definition) is 1. The highest BCUT2D eigenvalue weighted by Gasteiger charge is 2.26. The molecule has 0 aliphatic rings. The number of aromatic nitrogens is 1. The van der Waals surface area contributed by atoms with Crippen LogP contribution in [0.15, 0.2) is 41.2 Å². The molecule has 0 spiro atoms. The van der Waals surface area contributed by atoms with Crippen LogP contribution in [0.2, 0.25) is 10.0 Å². The summed E-state index contributed by atoms with van der Waals surface area (Å²) in [5, 5.41) is 19.9. The minimum atomic E-state index is -1.35. The Labute approximate surface area is 195 Å². The fourth-order valence-corrected chi connectivity index (χ4v) is 4.05. The maximum Gasteiger partial charge on any atom is 0.341 e. The van der Waals surface area contributed by atoms with Gasteiger partial charge in [-0.1, -0.05) is 35.3 Å². The highest BCUT2D eigenvalue weighted by atomic mass is 35.5. The molecule has 0 fully saturated rings. The highest BCUT2D eigenvalue weighted by Crippen LogP contribution is 2.34. The number of rotatable bonds is 6. The zero-order chi connectivity index (χ0) is 23.6. The molecule has 0 radical (unpaired) electrons. The van der Waals surface area contributed by atoms with Gasteiger partial charge in [-0.15, -0.1) is 0 Å². The minimum Gasteiger partial charge on any atom is -0.492 e. The summed E-state index contributed by atoms with van der Waals surface area (Å²) in [6, 6.07) is 11.6. The molecule has 0 atom stereocenters. The number of benzene rings is 2. The molecule has 0 unspecified atom stereocenters. The minimum absolute atomic E-state index is 0.235. The van der Waals surface area contributed by atoms with Crippen LogP contribution in [0.1, 0.15) is 35.5 Å². The number of nitrogens with zero attached hydrogens (tertiary/aromatic N) is 2. The van der Waals surface area contributed by atoms with Gasteiger partial charge in [-0.3, -0.25) is 4.79 Å². The first kappa shape index (κ1) is 23.4. The summed E-state index contributed by atoms with van der Waals surface area (Å²) in [4.78, 5) is 25.8. The van der Waals surface area contributed by atoms with Crippen LogP contribution < -0.4 is 10.2 Å². The number of carboxylic acids is 1. The Kier molecular flexibility index (Phi) is 6.93. The van der Waals surface area contributed by atoms with Gasteiger partial charge in [0.2, 0.25) is 5.43 Å². The Morgan fingerprint density at radius 1 is 1.12 bits per heavy atom. The molecule has 32 heavy (non-hydrogen) atoms. The molecule has 0 saturated heterocycles. The van der Waals surface area contributed by atoms with E-state index in [9.17, 15) is 20.0 Å². The van der Waals surface area contributed by atoms with Crippen molar-refractivity contribution in [2.75, 3.05) is 6.61 Å². The van der Waals surface area contributed by atoms with Crippen molar-refractivity contribution in [3.63, 3.8) is 0 Å². The lowest BCUT2D eigenvalue weighted by molar-refractivity contribution is 0.0695. The van der Waals surface area contributed by atoms with Crippen molar-refractivity contribution in [2.24, 2.45) is 0 Å². The number of halogens is 2. The molecule has 1 aromatic heterocycles. The molecule has 0 amide bonds. The molecule has 164 valence electrons. The average molecular weight is 471 g/mol. The van der Waals surface area contributed by atoms with Crippen LogP contribution in [0, 0.1) is 18.3 Å². The van der Waals surface area contributed by atoms with E-state index in [0.29, 0.717) is 46.3 Å². The van der Waals surface area contributed by atoms with E-state index in [1.165, 1.54) is 0 Å². The molecule has 8 heteroatoms. The fourth-order valence-electron chi connectivity index (χ4n) is 3.76. The van der Waals surface area contributed by atoms with E-state index < -0.39 is 11.4 Å². The highest BCUT2D eigenvalue weighted by molar-refractivity contribution is 6.42. The van der Waals surface area contributed by atoms with Gasteiger partial charge in [-0.2, -0.15) is 5.26 Å². The summed E-state index contributed by atoms with van der Waals surface area (Å²) >= 11 is 12.2. The molecule has 0 aliphatic heterocycles. The smallest absolute Gasteiger partial charge is 0.341 e. The second-order valence-electron chi connectivity index (χ2n) is 6.95. The quantitative estimate of drug-likeness (QED) is 0.492. The first-order valence-corrected chi connectivity index (χ1v) is 10.6. The van der Waals surface area contributed by atoms with Crippen molar-refractivity contribution in [3.05, 3.63) is 73.5 Å². The number of pyridine rings is 1. The molecule has 0 aliphatic carbocycles.